The van der Waals surface area contributed by atoms with Crippen LogP contribution in [0, 0.1) is 0 Å². The minimum absolute atomic E-state index is 0.214. The number of halogens is 1. The Morgan fingerprint density at radius 1 is 1.00 bits per heavy atom. The van der Waals surface area contributed by atoms with E-state index in [2.05, 4.69) is 5.32 Å². The third kappa shape index (κ3) is 4.85. The van der Waals surface area contributed by atoms with E-state index in [4.69, 9.17) is 21.1 Å². The fourth-order valence-corrected chi connectivity index (χ4v) is 1.82. The number of alkyl halides is 1. The average molecular weight is 308 g/mol. The smallest absolute Gasteiger partial charge is 0.127 e. The molecule has 0 saturated heterocycles. The van der Waals surface area contributed by atoms with Crippen molar-refractivity contribution in [2.24, 2.45) is 0 Å². The van der Waals surface area contributed by atoms with E-state index < -0.39 is 6.10 Å². The molecule has 4 nitrogen and oxygen atoms in total. The number of hydrogen-bond acceptors (Lipinski definition) is 4. The van der Waals surface area contributed by atoms with Crippen LogP contribution >= 0.6 is 11.6 Å². The first-order chi connectivity index (χ1) is 10.2. The molecule has 0 radical (unpaired) electrons. The standard InChI is InChI=1S/C16H18ClNO3/c1-20-14-6-8-16(9-7-14)21-15-4-2-12(3-5-15)18-11-13(19)10-17/h2-9,13,18-19H,10-11H2,1H3. The molecule has 21 heavy (non-hydrogen) atoms. The largest absolute Gasteiger partial charge is 0.497 e. The molecule has 0 spiro atoms. The van der Waals surface area contributed by atoms with Gasteiger partial charge in [-0.15, -0.1) is 11.6 Å². The van der Waals surface area contributed by atoms with E-state index in [1.54, 1.807) is 7.11 Å². The number of ether oxygens (including phenoxy) is 2. The van der Waals surface area contributed by atoms with Crippen LogP contribution in [0.5, 0.6) is 17.2 Å². The van der Waals surface area contributed by atoms with E-state index in [0.29, 0.717) is 6.54 Å². The Morgan fingerprint density at radius 3 is 2.05 bits per heavy atom. The van der Waals surface area contributed by atoms with Crippen molar-refractivity contribution in [2.45, 2.75) is 6.10 Å². The van der Waals surface area contributed by atoms with Gasteiger partial charge in [-0.3, -0.25) is 0 Å². The number of anilines is 1. The molecule has 1 unspecified atom stereocenters. The Kier molecular flexibility index (Phi) is 5.72. The van der Waals surface area contributed by atoms with Gasteiger partial charge in [0.05, 0.1) is 19.1 Å². The predicted octanol–water partition coefficient (Wildman–Crippen LogP) is 3.50. The van der Waals surface area contributed by atoms with Gasteiger partial charge in [0.1, 0.15) is 17.2 Å². The lowest BCUT2D eigenvalue weighted by Crippen LogP contribution is -2.20. The van der Waals surface area contributed by atoms with Crippen molar-refractivity contribution in [3.8, 4) is 17.2 Å². The Bertz CT molecular complexity index is 542. The lowest BCUT2D eigenvalue weighted by atomic mass is 10.3. The summed E-state index contributed by atoms with van der Waals surface area (Å²) in [5.41, 5.74) is 0.904. The summed E-state index contributed by atoms with van der Waals surface area (Å²) in [6.45, 7) is 0.419. The van der Waals surface area contributed by atoms with Crippen molar-refractivity contribution in [2.75, 3.05) is 24.9 Å². The van der Waals surface area contributed by atoms with Crippen LogP contribution < -0.4 is 14.8 Å². The molecular formula is C16H18ClNO3. The molecule has 2 aromatic carbocycles. The van der Waals surface area contributed by atoms with Crippen molar-refractivity contribution in [1.82, 2.24) is 0 Å². The molecule has 0 bridgehead atoms. The summed E-state index contributed by atoms with van der Waals surface area (Å²) in [7, 11) is 1.63. The van der Waals surface area contributed by atoms with E-state index >= 15 is 0 Å². The van der Waals surface area contributed by atoms with Crippen molar-refractivity contribution < 1.29 is 14.6 Å². The van der Waals surface area contributed by atoms with Crippen molar-refractivity contribution in [1.29, 1.82) is 0 Å². The fourth-order valence-electron chi connectivity index (χ4n) is 1.71. The quantitative estimate of drug-likeness (QED) is 0.769. The molecular weight excluding hydrogens is 290 g/mol. The fraction of sp³-hybridized carbons (Fsp3) is 0.250. The highest BCUT2D eigenvalue weighted by molar-refractivity contribution is 6.18. The zero-order valence-electron chi connectivity index (χ0n) is 11.8. The van der Waals surface area contributed by atoms with Gasteiger partial charge in [0, 0.05) is 12.2 Å². The second-order valence-electron chi connectivity index (χ2n) is 4.49. The number of aliphatic hydroxyl groups excluding tert-OH is 1. The molecule has 0 saturated carbocycles. The van der Waals surface area contributed by atoms with Gasteiger partial charge in [0.25, 0.3) is 0 Å². The maximum absolute atomic E-state index is 9.38. The molecule has 112 valence electrons. The molecule has 0 aromatic heterocycles. The average Bonchev–Trinajstić information content (AvgIpc) is 2.54. The number of hydrogen-bond donors (Lipinski definition) is 2. The Labute approximate surface area is 129 Å². The second kappa shape index (κ2) is 7.76. The van der Waals surface area contributed by atoms with Crippen LogP contribution in [0.15, 0.2) is 48.5 Å². The first-order valence-electron chi connectivity index (χ1n) is 6.61. The molecule has 2 aromatic rings. The zero-order chi connectivity index (χ0) is 15.1. The summed E-state index contributed by atoms with van der Waals surface area (Å²) in [4.78, 5) is 0. The SMILES string of the molecule is COc1ccc(Oc2ccc(NCC(O)CCl)cc2)cc1. The third-order valence-corrected chi connectivity index (χ3v) is 3.23. The van der Waals surface area contributed by atoms with Gasteiger partial charge >= 0.3 is 0 Å². The summed E-state index contributed by atoms with van der Waals surface area (Å²) < 4.78 is 10.8. The van der Waals surface area contributed by atoms with Gasteiger partial charge in [-0.25, -0.2) is 0 Å². The van der Waals surface area contributed by atoms with E-state index in [0.717, 1.165) is 22.9 Å². The molecule has 0 aliphatic carbocycles. The van der Waals surface area contributed by atoms with Crippen LogP contribution in [0.25, 0.3) is 0 Å². The van der Waals surface area contributed by atoms with Crippen molar-refractivity contribution in [3.05, 3.63) is 48.5 Å². The summed E-state index contributed by atoms with van der Waals surface area (Å²) in [5.74, 6) is 2.49. The Balaban J connectivity index is 1.92. The molecule has 0 aliphatic rings. The number of benzene rings is 2. The molecule has 0 heterocycles. The minimum atomic E-state index is -0.554. The molecule has 0 aliphatic heterocycles. The summed E-state index contributed by atoms with van der Waals surface area (Å²) in [6.07, 6.45) is -0.554. The zero-order valence-corrected chi connectivity index (χ0v) is 12.5. The Morgan fingerprint density at radius 2 is 1.52 bits per heavy atom. The number of rotatable bonds is 7. The molecule has 1 atom stereocenters. The maximum atomic E-state index is 9.38. The van der Waals surface area contributed by atoms with E-state index in [9.17, 15) is 5.11 Å². The lowest BCUT2D eigenvalue weighted by molar-refractivity contribution is 0.211. The summed E-state index contributed by atoms with van der Waals surface area (Å²) >= 11 is 5.54. The molecule has 2 rings (SSSR count). The van der Waals surface area contributed by atoms with Crippen molar-refractivity contribution >= 4 is 17.3 Å². The highest BCUT2D eigenvalue weighted by Crippen LogP contribution is 2.24. The third-order valence-electron chi connectivity index (χ3n) is 2.87. The summed E-state index contributed by atoms with van der Waals surface area (Å²) in [6, 6.07) is 14.9. The van der Waals surface area contributed by atoms with E-state index in [-0.39, 0.29) is 5.88 Å². The topological polar surface area (TPSA) is 50.7 Å². The molecule has 0 fully saturated rings. The second-order valence-corrected chi connectivity index (χ2v) is 4.80. The van der Waals surface area contributed by atoms with E-state index in [1.165, 1.54) is 0 Å². The first-order valence-corrected chi connectivity index (χ1v) is 7.14. The van der Waals surface area contributed by atoms with Crippen molar-refractivity contribution in [3.63, 3.8) is 0 Å². The van der Waals surface area contributed by atoms with E-state index in [1.807, 2.05) is 48.5 Å². The monoisotopic (exact) mass is 307 g/mol. The number of methoxy groups -OCH3 is 1. The highest BCUT2D eigenvalue weighted by atomic mass is 35.5. The first kappa shape index (κ1) is 15.5. The van der Waals surface area contributed by atoms with Crippen LogP contribution in [-0.4, -0.2) is 30.7 Å². The van der Waals surface area contributed by atoms with Gasteiger partial charge in [-0.2, -0.15) is 0 Å². The lowest BCUT2D eigenvalue weighted by Gasteiger charge is -2.11. The van der Waals surface area contributed by atoms with Crippen LogP contribution in [-0.2, 0) is 0 Å². The highest BCUT2D eigenvalue weighted by Gasteiger charge is 2.02. The Hall–Kier alpha value is -1.91. The summed E-state index contributed by atoms with van der Waals surface area (Å²) in [5, 5.41) is 12.5. The normalized spacial score (nSPS) is 11.8. The molecule has 0 amide bonds. The van der Waals surface area contributed by atoms with Gasteiger partial charge in [-0.1, -0.05) is 0 Å². The van der Waals surface area contributed by atoms with Crippen LogP contribution in [0.1, 0.15) is 0 Å². The predicted molar refractivity (Wildman–Crippen MR) is 84.7 cm³/mol. The number of aliphatic hydroxyl groups is 1. The van der Waals surface area contributed by atoms with Gasteiger partial charge in [0.15, 0.2) is 0 Å². The minimum Gasteiger partial charge on any atom is -0.497 e. The van der Waals surface area contributed by atoms with Crippen LogP contribution in [0.4, 0.5) is 5.69 Å². The molecule has 2 N–H and O–H groups in total. The van der Waals surface area contributed by atoms with Crippen LogP contribution in [0.2, 0.25) is 0 Å². The van der Waals surface area contributed by atoms with Gasteiger partial charge in [-0.05, 0) is 48.5 Å². The molecule has 5 heteroatoms. The maximum Gasteiger partial charge on any atom is 0.127 e. The number of nitrogens with one attached hydrogen (secondary N) is 1. The van der Waals surface area contributed by atoms with Gasteiger partial charge < -0.3 is 19.9 Å². The van der Waals surface area contributed by atoms with Crippen LogP contribution in [0.3, 0.4) is 0 Å². The van der Waals surface area contributed by atoms with Gasteiger partial charge in [0.2, 0.25) is 0 Å².